The fourth-order valence-corrected chi connectivity index (χ4v) is 2.65. The molecule has 0 bridgehead atoms. The lowest BCUT2D eigenvalue weighted by Gasteiger charge is -2.30. The van der Waals surface area contributed by atoms with Crippen molar-refractivity contribution in [3.63, 3.8) is 0 Å². The largest absolute Gasteiger partial charge is 0.478 e. The second kappa shape index (κ2) is 8.98. The van der Waals surface area contributed by atoms with Gasteiger partial charge in [0.05, 0.1) is 15.5 Å². The number of nitro benzene ring substituents is 1. The normalized spacial score (nSPS) is 14.4. The van der Waals surface area contributed by atoms with E-state index >= 15 is 0 Å². The van der Waals surface area contributed by atoms with Crippen LogP contribution >= 0.6 is 11.6 Å². The topological polar surface area (TPSA) is 108 Å². The van der Waals surface area contributed by atoms with Gasteiger partial charge in [-0.1, -0.05) is 11.6 Å². The zero-order valence-electron chi connectivity index (χ0n) is 16.4. The third kappa shape index (κ3) is 5.36. The first kappa shape index (κ1) is 24.2. The third-order valence-electron chi connectivity index (χ3n) is 4.49. The van der Waals surface area contributed by atoms with Crippen LogP contribution in [-0.4, -0.2) is 34.8 Å². The molecule has 0 fully saturated rings. The molecule has 0 radical (unpaired) electrons. The van der Waals surface area contributed by atoms with Crippen LogP contribution in [0.25, 0.3) is 0 Å². The quantitative estimate of drug-likeness (QED) is 0.417. The molecule has 0 saturated heterocycles. The van der Waals surface area contributed by atoms with E-state index in [1.807, 2.05) is 0 Å². The number of benzene rings is 2. The summed E-state index contributed by atoms with van der Waals surface area (Å²) in [5.74, 6) is -2.12. The van der Waals surface area contributed by atoms with Crippen molar-refractivity contribution in [3.05, 3.63) is 57.1 Å². The molecule has 31 heavy (non-hydrogen) atoms. The molecule has 2 rings (SSSR count). The minimum absolute atomic E-state index is 0.0833. The SMILES string of the molecule is COC(C)C(C)(Oc1cc(Oc2ccc(C(F)(F)F)cc2Cl)ccc1[N+](=O)[O-])C(=O)O. The molecule has 2 unspecified atom stereocenters. The average Bonchev–Trinajstić information content (AvgIpc) is 2.67. The summed E-state index contributed by atoms with van der Waals surface area (Å²) in [4.78, 5) is 22.3. The molecular formula is C19H17ClF3NO7. The predicted molar refractivity (Wildman–Crippen MR) is 103 cm³/mol. The van der Waals surface area contributed by atoms with Gasteiger partial charge in [0, 0.05) is 19.2 Å². The fraction of sp³-hybridized carbons (Fsp3) is 0.316. The number of halogens is 4. The Hall–Kier alpha value is -3.05. The van der Waals surface area contributed by atoms with Gasteiger partial charge in [0.2, 0.25) is 11.4 Å². The van der Waals surface area contributed by atoms with E-state index in [0.717, 1.165) is 30.3 Å². The van der Waals surface area contributed by atoms with E-state index in [9.17, 15) is 33.2 Å². The van der Waals surface area contributed by atoms with Crippen molar-refractivity contribution >= 4 is 23.3 Å². The van der Waals surface area contributed by atoms with Crippen molar-refractivity contribution in [2.45, 2.75) is 31.7 Å². The lowest BCUT2D eigenvalue weighted by molar-refractivity contribution is -0.386. The number of carbonyl (C=O) groups is 1. The molecule has 2 aromatic rings. The van der Waals surface area contributed by atoms with Gasteiger partial charge in [0.15, 0.2) is 0 Å². The number of hydrogen-bond acceptors (Lipinski definition) is 6. The van der Waals surface area contributed by atoms with Gasteiger partial charge in [-0.05, 0) is 38.1 Å². The van der Waals surface area contributed by atoms with Crippen molar-refractivity contribution < 1.29 is 42.2 Å². The Bertz CT molecular complexity index is 999. The summed E-state index contributed by atoms with van der Waals surface area (Å²) in [6.45, 7) is 2.58. The first-order valence-electron chi connectivity index (χ1n) is 8.57. The maximum atomic E-state index is 12.8. The van der Waals surface area contributed by atoms with Crippen molar-refractivity contribution in [1.82, 2.24) is 0 Å². The number of methoxy groups -OCH3 is 1. The van der Waals surface area contributed by atoms with Crippen LogP contribution in [0.15, 0.2) is 36.4 Å². The molecule has 8 nitrogen and oxygen atoms in total. The average molecular weight is 464 g/mol. The highest BCUT2D eigenvalue weighted by atomic mass is 35.5. The number of alkyl halides is 3. The van der Waals surface area contributed by atoms with Crippen LogP contribution in [0.4, 0.5) is 18.9 Å². The van der Waals surface area contributed by atoms with Crippen LogP contribution in [0, 0.1) is 10.1 Å². The lowest BCUT2D eigenvalue weighted by Crippen LogP contribution is -2.51. The fourth-order valence-electron chi connectivity index (χ4n) is 2.43. The van der Waals surface area contributed by atoms with Crippen molar-refractivity contribution in [3.8, 4) is 17.2 Å². The summed E-state index contributed by atoms with van der Waals surface area (Å²) < 4.78 is 54.2. The molecule has 1 N–H and O–H groups in total. The van der Waals surface area contributed by atoms with Crippen LogP contribution in [-0.2, 0) is 15.7 Å². The number of carboxylic acid groups (broad SMARTS) is 1. The minimum atomic E-state index is -4.60. The highest BCUT2D eigenvalue weighted by Gasteiger charge is 2.43. The van der Waals surface area contributed by atoms with E-state index in [4.69, 9.17) is 25.8 Å². The van der Waals surface area contributed by atoms with Gasteiger partial charge in [0.25, 0.3) is 0 Å². The molecule has 0 aliphatic rings. The smallest absolute Gasteiger partial charge is 0.416 e. The van der Waals surface area contributed by atoms with Crippen LogP contribution < -0.4 is 9.47 Å². The summed E-state index contributed by atoms with van der Waals surface area (Å²) in [6.07, 6.45) is -5.60. The minimum Gasteiger partial charge on any atom is -0.478 e. The lowest BCUT2D eigenvalue weighted by atomic mass is 10.00. The molecule has 2 atom stereocenters. The third-order valence-corrected chi connectivity index (χ3v) is 4.79. The van der Waals surface area contributed by atoms with E-state index in [2.05, 4.69) is 0 Å². The van der Waals surface area contributed by atoms with Gasteiger partial charge in [-0.25, -0.2) is 4.79 Å². The molecule has 2 aromatic carbocycles. The van der Waals surface area contributed by atoms with Gasteiger partial charge in [-0.2, -0.15) is 13.2 Å². The van der Waals surface area contributed by atoms with E-state index in [1.54, 1.807) is 0 Å². The molecule has 0 aromatic heterocycles. The number of hydrogen-bond donors (Lipinski definition) is 1. The Morgan fingerprint density at radius 2 is 1.84 bits per heavy atom. The molecule has 0 aliphatic heterocycles. The molecule has 0 saturated carbocycles. The molecule has 0 heterocycles. The molecule has 0 spiro atoms. The number of carboxylic acids is 1. The molecule has 0 aliphatic carbocycles. The Labute approximate surface area is 179 Å². The second-order valence-electron chi connectivity index (χ2n) is 6.52. The summed E-state index contributed by atoms with van der Waals surface area (Å²) in [7, 11) is 1.25. The highest BCUT2D eigenvalue weighted by molar-refractivity contribution is 6.32. The van der Waals surface area contributed by atoms with E-state index in [0.29, 0.717) is 6.07 Å². The van der Waals surface area contributed by atoms with Crippen LogP contribution in [0.5, 0.6) is 17.2 Å². The van der Waals surface area contributed by atoms with Crippen molar-refractivity contribution in [2.75, 3.05) is 7.11 Å². The Balaban J connectivity index is 2.44. The first-order valence-corrected chi connectivity index (χ1v) is 8.95. The standard InChI is InChI=1S/C19H17ClF3NO7/c1-10(29-3)18(2,17(25)26)31-16-9-12(5-6-14(16)24(27)28)30-15-7-4-11(8-13(15)20)19(21,22)23/h4-10H,1-3H3,(H,25,26). The number of aliphatic carboxylic acids is 1. The van der Waals surface area contributed by atoms with Gasteiger partial charge < -0.3 is 19.3 Å². The number of ether oxygens (including phenoxy) is 3. The maximum Gasteiger partial charge on any atom is 0.416 e. The van der Waals surface area contributed by atoms with Crippen LogP contribution in [0.1, 0.15) is 19.4 Å². The Morgan fingerprint density at radius 3 is 2.32 bits per heavy atom. The molecule has 168 valence electrons. The number of nitrogens with zero attached hydrogens (tertiary/aromatic N) is 1. The number of nitro groups is 1. The Kier molecular flexibility index (Phi) is 7.02. The maximum absolute atomic E-state index is 12.8. The zero-order valence-corrected chi connectivity index (χ0v) is 17.2. The summed E-state index contributed by atoms with van der Waals surface area (Å²) >= 11 is 5.86. The van der Waals surface area contributed by atoms with Crippen molar-refractivity contribution in [2.24, 2.45) is 0 Å². The molecular weight excluding hydrogens is 447 g/mol. The predicted octanol–water partition coefficient (Wildman–Crippen LogP) is 5.32. The van der Waals surface area contributed by atoms with Crippen molar-refractivity contribution in [1.29, 1.82) is 0 Å². The summed E-state index contributed by atoms with van der Waals surface area (Å²) in [5, 5.41) is 20.5. The van der Waals surface area contributed by atoms with E-state index in [1.165, 1.54) is 21.0 Å². The molecule has 12 heteroatoms. The summed E-state index contributed by atoms with van der Waals surface area (Å²) in [5.41, 5.74) is -3.53. The monoisotopic (exact) mass is 463 g/mol. The van der Waals surface area contributed by atoms with Gasteiger partial charge in [-0.15, -0.1) is 0 Å². The van der Waals surface area contributed by atoms with Crippen LogP contribution in [0.2, 0.25) is 5.02 Å². The van der Waals surface area contributed by atoms with Crippen LogP contribution in [0.3, 0.4) is 0 Å². The molecule has 0 amide bonds. The zero-order chi connectivity index (χ0) is 23.6. The number of rotatable bonds is 8. The highest BCUT2D eigenvalue weighted by Crippen LogP contribution is 2.39. The van der Waals surface area contributed by atoms with Gasteiger partial charge in [-0.3, -0.25) is 10.1 Å². The van der Waals surface area contributed by atoms with E-state index < -0.39 is 45.8 Å². The Morgan fingerprint density at radius 1 is 1.19 bits per heavy atom. The van der Waals surface area contributed by atoms with Gasteiger partial charge >= 0.3 is 17.8 Å². The van der Waals surface area contributed by atoms with E-state index in [-0.39, 0.29) is 16.5 Å². The van der Waals surface area contributed by atoms with Gasteiger partial charge in [0.1, 0.15) is 17.6 Å². The summed E-state index contributed by atoms with van der Waals surface area (Å²) in [6, 6.07) is 5.61. The first-order chi connectivity index (χ1) is 14.3. The second-order valence-corrected chi connectivity index (χ2v) is 6.93.